The summed E-state index contributed by atoms with van der Waals surface area (Å²) >= 11 is 0. The van der Waals surface area contributed by atoms with E-state index in [2.05, 4.69) is 10.1 Å². The van der Waals surface area contributed by atoms with Crippen LogP contribution >= 0.6 is 0 Å². The van der Waals surface area contributed by atoms with Gasteiger partial charge in [-0.1, -0.05) is 41.6 Å². The molecule has 1 heterocycles. The third kappa shape index (κ3) is 2.51. The summed E-state index contributed by atoms with van der Waals surface area (Å²) in [6, 6.07) is 14.2. The van der Waals surface area contributed by atoms with Crippen LogP contribution in [0.5, 0.6) is 0 Å². The van der Waals surface area contributed by atoms with E-state index in [4.69, 9.17) is 4.52 Å². The van der Waals surface area contributed by atoms with E-state index in [9.17, 15) is 10.1 Å². The number of nitrogens with zero attached hydrogens (tertiary/aromatic N) is 3. The molecule has 104 valence electrons. The van der Waals surface area contributed by atoms with Gasteiger partial charge >= 0.3 is 0 Å². The van der Waals surface area contributed by atoms with Crippen LogP contribution in [0.1, 0.15) is 5.56 Å². The molecule has 2 aromatic carbocycles. The van der Waals surface area contributed by atoms with Crippen LogP contribution in [0, 0.1) is 17.0 Å². The van der Waals surface area contributed by atoms with Crippen LogP contribution in [0.2, 0.25) is 0 Å². The van der Waals surface area contributed by atoms with Crippen molar-refractivity contribution in [3.8, 4) is 22.8 Å². The fraction of sp³-hybridized carbons (Fsp3) is 0.0667. The third-order valence-electron chi connectivity index (χ3n) is 3.11. The van der Waals surface area contributed by atoms with E-state index >= 15 is 0 Å². The Bertz CT molecular complexity index is 797. The van der Waals surface area contributed by atoms with Crippen molar-refractivity contribution in [1.82, 2.24) is 10.1 Å². The van der Waals surface area contributed by atoms with Crippen LogP contribution in [0.25, 0.3) is 22.8 Å². The maximum atomic E-state index is 11.0. The molecule has 21 heavy (non-hydrogen) atoms. The monoisotopic (exact) mass is 281 g/mol. The van der Waals surface area contributed by atoms with Crippen LogP contribution in [-0.2, 0) is 0 Å². The highest BCUT2D eigenvalue weighted by Gasteiger charge is 2.16. The number of benzene rings is 2. The minimum absolute atomic E-state index is 0.0342. The van der Waals surface area contributed by atoms with Gasteiger partial charge in [0.2, 0.25) is 5.82 Å². The van der Waals surface area contributed by atoms with Gasteiger partial charge in [-0.3, -0.25) is 10.1 Å². The molecule has 0 bridgehead atoms. The third-order valence-corrected chi connectivity index (χ3v) is 3.11. The minimum atomic E-state index is -0.423. The Balaban J connectivity index is 2.01. The van der Waals surface area contributed by atoms with Crippen LogP contribution in [0.15, 0.2) is 53.1 Å². The van der Waals surface area contributed by atoms with Crippen molar-refractivity contribution < 1.29 is 9.45 Å². The summed E-state index contributed by atoms with van der Waals surface area (Å²) in [6.07, 6.45) is 0. The van der Waals surface area contributed by atoms with Crippen LogP contribution in [0.3, 0.4) is 0 Å². The van der Waals surface area contributed by atoms with E-state index in [1.807, 2.05) is 30.3 Å². The van der Waals surface area contributed by atoms with Crippen molar-refractivity contribution in [3.05, 3.63) is 64.2 Å². The maximum absolute atomic E-state index is 11.0. The molecule has 0 aliphatic carbocycles. The number of hydrogen-bond acceptors (Lipinski definition) is 5. The Morgan fingerprint density at radius 2 is 1.86 bits per heavy atom. The molecule has 1 aromatic heterocycles. The SMILES string of the molecule is Cc1ccc(-c2nc(-c3ccccc3)no2)cc1[N+](=O)[O-]. The van der Waals surface area contributed by atoms with Crippen molar-refractivity contribution in [1.29, 1.82) is 0 Å². The van der Waals surface area contributed by atoms with Crippen LogP contribution in [0.4, 0.5) is 5.69 Å². The number of hydrogen-bond donors (Lipinski definition) is 0. The molecule has 6 heteroatoms. The zero-order valence-electron chi connectivity index (χ0n) is 11.2. The Morgan fingerprint density at radius 1 is 1.10 bits per heavy atom. The zero-order chi connectivity index (χ0) is 14.8. The van der Waals surface area contributed by atoms with E-state index in [-0.39, 0.29) is 11.6 Å². The lowest BCUT2D eigenvalue weighted by molar-refractivity contribution is -0.385. The van der Waals surface area contributed by atoms with Gasteiger partial charge in [0.1, 0.15) is 0 Å². The standard InChI is InChI=1S/C15H11N3O3/c1-10-7-8-12(9-13(10)18(19)20)15-16-14(17-21-15)11-5-3-2-4-6-11/h2-9H,1H3. The predicted octanol–water partition coefficient (Wildman–Crippen LogP) is 3.62. The van der Waals surface area contributed by atoms with Crippen molar-refractivity contribution in [2.24, 2.45) is 0 Å². The average molecular weight is 281 g/mol. The lowest BCUT2D eigenvalue weighted by Crippen LogP contribution is -1.92. The summed E-state index contributed by atoms with van der Waals surface area (Å²) in [4.78, 5) is 14.8. The molecule has 3 rings (SSSR count). The van der Waals surface area contributed by atoms with Crippen molar-refractivity contribution in [2.75, 3.05) is 0 Å². The Kier molecular flexibility index (Phi) is 3.19. The normalized spacial score (nSPS) is 10.5. The molecule has 6 nitrogen and oxygen atoms in total. The fourth-order valence-electron chi connectivity index (χ4n) is 1.98. The molecule has 0 spiro atoms. The lowest BCUT2D eigenvalue weighted by Gasteiger charge is -1.98. The molecule has 0 saturated heterocycles. The summed E-state index contributed by atoms with van der Waals surface area (Å²) in [5, 5.41) is 14.9. The van der Waals surface area contributed by atoms with E-state index in [0.717, 1.165) is 5.56 Å². The second kappa shape index (κ2) is 5.16. The molecule has 3 aromatic rings. The number of nitro benzene ring substituents is 1. The van der Waals surface area contributed by atoms with Gasteiger partial charge in [-0.05, 0) is 13.0 Å². The van der Waals surface area contributed by atoms with Gasteiger partial charge in [-0.15, -0.1) is 0 Å². The summed E-state index contributed by atoms with van der Waals surface area (Å²) in [6.45, 7) is 1.69. The summed E-state index contributed by atoms with van der Waals surface area (Å²) in [5.41, 5.74) is 1.98. The quantitative estimate of drug-likeness (QED) is 0.541. The van der Waals surface area contributed by atoms with Gasteiger partial charge in [-0.25, -0.2) is 0 Å². The number of rotatable bonds is 3. The van der Waals surface area contributed by atoms with Gasteiger partial charge in [0.25, 0.3) is 11.6 Å². The molecule has 0 saturated carbocycles. The predicted molar refractivity (Wildman–Crippen MR) is 76.6 cm³/mol. The highest BCUT2D eigenvalue weighted by Crippen LogP contribution is 2.27. The second-order valence-corrected chi connectivity index (χ2v) is 4.55. The first-order valence-corrected chi connectivity index (χ1v) is 6.29. The molecule has 0 aliphatic heterocycles. The fourth-order valence-corrected chi connectivity index (χ4v) is 1.98. The first-order chi connectivity index (χ1) is 10.1. The lowest BCUT2D eigenvalue weighted by atomic mass is 10.1. The molecule has 0 unspecified atom stereocenters. The Labute approximate surface area is 120 Å². The van der Waals surface area contributed by atoms with E-state index in [1.54, 1.807) is 19.1 Å². The zero-order valence-corrected chi connectivity index (χ0v) is 11.2. The molecular weight excluding hydrogens is 270 g/mol. The van der Waals surface area contributed by atoms with Gasteiger partial charge in [-0.2, -0.15) is 4.98 Å². The number of nitro groups is 1. The van der Waals surface area contributed by atoms with Gasteiger partial charge in [0.05, 0.1) is 4.92 Å². The van der Waals surface area contributed by atoms with Crippen molar-refractivity contribution in [2.45, 2.75) is 6.92 Å². The summed E-state index contributed by atoms with van der Waals surface area (Å²) in [7, 11) is 0. The largest absolute Gasteiger partial charge is 0.334 e. The topological polar surface area (TPSA) is 82.1 Å². The van der Waals surface area contributed by atoms with Gasteiger partial charge < -0.3 is 4.52 Å². The average Bonchev–Trinajstić information content (AvgIpc) is 2.98. The summed E-state index contributed by atoms with van der Waals surface area (Å²) in [5.74, 6) is 0.714. The smallest absolute Gasteiger partial charge is 0.273 e. The minimum Gasteiger partial charge on any atom is -0.334 e. The van der Waals surface area contributed by atoms with Crippen LogP contribution in [-0.4, -0.2) is 15.1 Å². The Morgan fingerprint density at radius 3 is 2.57 bits per heavy atom. The molecule has 0 N–H and O–H groups in total. The highest BCUT2D eigenvalue weighted by molar-refractivity contribution is 5.63. The van der Waals surface area contributed by atoms with Gasteiger partial charge in [0, 0.05) is 22.8 Å². The number of aromatic nitrogens is 2. The first kappa shape index (κ1) is 13.0. The van der Waals surface area contributed by atoms with E-state index in [1.165, 1.54) is 6.07 Å². The highest BCUT2D eigenvalue weighted by atomic mass is 16.6. The molecule has 0 amide bonds. The van der Waals surface area contributed by atoms with E-state index in [0.29, 0.717) is 17.0 Å². The maximum Gasteiger partial charge on any atom is 0.273 e. The molecule has 0 radical (unpaired) electrons. The Hall–Kier alpha value is -3.02. The van der Waals surface area contributed by atoms with Gasteiger partial charge in [0.15, 0.2) is 0 Å². The molecule has 0 atom stereocenters. The number of aryl methyl sites for hydroxylation is 1. The van der Waals surface area contributed by atoms with Crippen LogP contribution < -0.4 is 0 Å². The van der Waals surface area contributed by atoms with Crippen molar-refractivity contribution >= 4 is 5.69 Å². The first-order valence-electron chi connectivity index (χ1n) is 6.29. The molecular formula is C15H11N3O3. The molecule has 0 fully saturated rings. The van der Waals surface area contributed by atoms with E-state index < -0.39 is 4.92 Å². The van der Waals surface area contributed by atoms with Crippen molar-refractivity contribution in [3.63, 3.8) is 0 Å². The second-order valence-electron chi connectivity index (χ2n) is 4.55. The summed E-state index contributed by atoms with van der Waals surface area (Å²) < 4.78 is 5.20. The molecule has 0 aliphatic rings.